The molecule has 1 heterocycles. The van der Waals surface area contributed by atoms with Crippen molar-refractivity contribution in [3.8, 4) is 0 Å². The summed E-state index contributed by atoms with van der Waals surface area (Å²) in [6.07, 6.45) is 2.18. The SMILES string of the molecule is O=S(=O)(Nc1ccc2c(c1)c1c(n2S(=O)(=O)c2ccc(Cl)cc2)CCC1)c1ccc(Cl)cc1. The second kappa shape index (κ2) is 8.06. The van der Waals surface area contributed by atoms with Gasteiger partial charge in [-0.25, -0.2) is 20.8 Å². The number of halogens is 2. The maximum absolute atomic E-state index is 13.5. The Morgan fingerprint density at radius 3 is 2.00 bits per heavy atom. The van der Waals surface area contributed by atoms with Crippen LogP contribution in [0.2, 0.25) is 10.0 Å². The van der Waals surface area contributed by atoms with Crippen molar-refractivity contribution >= 4 is 59.8 Å². The molecule has 0 saturated carbocycles. The Morgan fingerprint density at radius 1 is 0.758 bits per heavy atom. The van der Waals surface area contributed by atoms with E-state index in [1.54, 1.807) is 30.3 Å². The van der Waals surface area contributed by atoms with Crippen LogP contribution < -0.4 is 4.72 Å². The van der Waals surface area contributed by atoms with Crippen LogP contribution in [0, 0.1) is 0 Å². The van der Waals surface area contributed by atoms with Gasteiger partial charge in [-0.15, -0.1) is 0 Å². The molecule has 5 rings (SSSR count). The first-order valence-corrected chi connectivity index (χ1v) is 13.8. The second-order valence-electron chi connectivity index (χ2n) is 7.79. The minimum absolute atomic E-state index is 0.0834. The molecule has 0 aliphatic heterocycles. The maximum atomic E-state index is 13.5. The highest BCUT2D eigenvalue weighted by atomic mass is 35.5. The van der Waals surface area contributed by atoms with Crippen LogP contribution in [0.25, 0.3) is 10.9 Å². The van der Waals surface area contributed by atoms with Gasteiger partial charge in [0, 0.05) is 26.8 Å². The average molecular weight is 521 g/mol. The van der Waals surface area contributed by atoms with Gasteiger partial charge in [0.1, 0.15) is 0 Å². The first kappa shape index (κ1) is 22.3. The summed E-state index contributed by atoms with van der Waals surface area (Å²) in [6, 6.07) is 16.8. The number of nitrogens with zero attached hydrogens (tertiary/aromatic N) is 1. The third kappa shape index (κ3) is 3.91. The molecule has 1 N–H and O–H groups in total. The quantitative estimate of drug-likeness (QED) is 0.377. The highest BCUT2D eigenvalue weighted by molar-refractivity contribution is 7.92. The molecule has 33 heavy (non-hydrogen) atoms. The first-order chi connectivity index (χ1) is 15.7. The number of aryl methyl sites for hydroxylation is 1. The minimum atomic E-state index is -3.85. The molecule has 0 atom stereocenters. The third-order valence-corrected chi connectivity index (χ3v) is 9.37. The summed E-state index contributed by atoms with van der Waals surface area (Å²) in [5, 5.41) is 1.61. The molecule has 0 saturated heterocycles. The van der Waals surface area contributed by atoms with Gasteiger partial charge in [-0.1, -0.05) is 23.2 Å². The van der Waals surface area contributed by atoms with Gasteiger partial charge < -0.3 is 0 Å². The summed E-state index contributed by atoms with van der Waals surface area (Å²) >= 11 is 11.8. The highest BCUT2D eigenvalue weighted by Crippen LogP contribution is 2.37. The summed E-state index contributed by atoms with van der Waals surface area (Å²) in [6.45, 7) is 0. The van der Waals surface area contributed by atoms with Crippen LogP contribution in [0.1, 0.15) is 17.7 Å². The normalized spacial score (nSPS) is 13.9. The van der Waals surface area contributed by atoms with Crippen molar-refractivity contribution in [2.75, 3.05) is 4.72 Å². The van der Waals surface area contributed by atoms with Gasteiger partial charge in [0.15, 0.2) is 0 Å². The topological polar surface area (TPSA) is 85.2 Å². The van der Waals surface area contributed by atoms with Crippen LogP contribution in [0.5, 0.6) is 0 Å². The molecule has 3 aromatic carbocycles. The van der Waals surface area contributed by atoms with E-state index in [1.165, 1.54) is 40.4 Å². The zero-order chi connectivity index (χ0) is 23.4. The maximum Gasteiger partial charge on any atom is 0.268 e. The van der Waals surface area contributed by atoms with Gasteiger partial charge in [-0.05, 0) is 91.6 Å². The molecule has 0 radical (unpaired) electrons. The number of anilines is 1. The van der Waals surface area contributed by atoms with Gasteiger partial charge in [-0.3, -0.25) is 4.72 Å². The smallest absolute Gasteiger partial charge is 0.268 e. The Balaban J connectivity index is 1.61. The van der Waals surface area contributed by atoms with Crippen LogP contribution in [-0.2, 0) is 32.9 Å². The lowest BCUT2D eigenvalue weighted by molar-refractivity contribution is 0.587. The Hall–Kier alpha value is -2.52. The molecule has 0 unspecified atom stereocenters. The van der Waals surface area contributed by atoms with E-state index in [9.17, 15) is 16.8 Å². The molecule has 0 amide bonds. The van der Waals surface area contributed by atoms with E-state index in [4.69, 9.17) is 23.2 Å². The van der Waals surface area contributed by atoms with Crippen LogP contribution in [0.15, 0.2) is 76.5 Å². The Morgan fingerprint density at radius 2 is 1.36 bits per heavy atom. The number of hydrogen-bond acceptors (Lipinski definition) is 4. The number of hydrogen-bond donors (Lipinski definition) is 1. The predicted octanol–water partition coefficient (Wildman–Crippen LogP) is 5.47. The van der Waals surface area contributed by atoms with Crippen molar-refractivity contribution in [1.29, 1.82) is 0 Å². The molecule has 1 aliphatic carbocycles. The van der Waals surface area contributed by atoms with E-state index in [1.807, 2.05) is 0 Å². The lowest BCUT2D eigenvalue weighted by Crippen LogP contribution is -2.15. The predicted molar refractivity (Wildman–Crippen MR) is 130 cm³/mol. The fraction of sp³-hybridized carbons (Fsp3) is 0.130. The molecule has 170 valence electrons. The highest BCUT2D eigenvalue weighted by Gasteiger charge is 2.29. The van der Waals surface area contributed by atoms with E-state index >= 15 is 0 Å². The van der Waals surface area contributed by atoms with Crippen molar-refractivity contribution in [2.24, 2.45) is 0 Å². The number of nitrogens with one attached hydrogen (secondary N) is 1. The van der Waals surface area contributed by atoms with E-state index < -0.39 is 20.0 Å². The number of benzene rings is 3. The minimum Gasteiger partial charge on any atom is -0.280 e. The molecule has 0 spiro atoms. The van der Waals surface area contributed by atoms with Gasteiger partial charge in [0.05, 0.1) is 15.3 Å². The van der Waals surface area contributed by atoms with Crippen molar-refractivity contribution in [2.45, 2.75) is 29.1 Å². The molecule has 10 heteroatoms. The van der Waals surface area contributed by atoms with Gasteiger partial charge in [0.25, 0.3) is 20.0 Å². The summed E-state index contributed by atoms with van der Waals surface area (Å²) < 4.78 is 56.6. The van der Waals surface area contributed by atoms with Crippen LogP contribution >= 0.6 is 23.2 Å². The van der Waals surface area contributed by atoms with Crippen LogP contribution in [-0.4, -0.2) is 20.8 Å². The lowest BCUT2D eigenvalue weighted by atomic mass is 10.1. The van der Waals surface area contributed by atoms with Crippen LogP contribution in [0.3, 0.4) is 0 Å². The van der Waals surface area contributed by atoms with Crippen molar-refractivity contribution < 1.29 is 16.8 Å². The number of rotatable bonds is 5. The Labute approximate surface area is 201 Å². The monoisotopic (exact) mass is 520 g/mol. The number of sulfonamides is 1. The van der Waals surface area contributed by atoms with Crippen LogP contribution in [0.4, 0.5) is 5.69 Å². The van der Waals surface area contributed by atoms with E-state index in [0.717, 1.165) is 29.5 Å². The summed E-state index contributed by atoms with van der Waals surface area (Å²) in [4.78, 5) is 0.228. The molecule has 1 aromatic heterocycles. The zero-order valence-electron chi connectivity index (χ0n) is 17.1. The fourth-order valence-electron chi connectivity index (χ4n) is 4.22. The molecule has 4 aromatic rings. The molecule has 0 fully saturated rings. The number of fused-ring (bicyclic) bond motifs is 3. The van der Waals surface area contributed by atoms with Crippen molar-refractivity contribution in [3.63, 3.8) is 0 Å². The van der Waals surface area contributed by atoms with E-state index in [0.29, 0.717) is 27.7 Å². The van der Waals surface area contributed by atoms with Crippen molar-refractivity contribution in [3.05, 3.63) is 88.0 Å². The lowest BCUT2D eigenvalue weighted by Gasteiger charge is -2.12. The fourth-order valence-corrected chi connectivity index (χ4v) is 7.12. The largest absolute Gasteiger partial charge is 0.280 e. The molecule has 1 aliphatic rings. The van der Waals surface area contributed by atoms with Gasteiger partial charge in [0.2, 0.25) is 0 Å². The summed E-state index contributed by atoms with van der Waals surface area (Å²) in [7, 11) is -7.68. The first-order valence-electron chi connectivity index (χ1n) is 10.1. The van der Waals surface area contributed by atoms with Gasteiger partial charge in [-0.2, -0.15) is 0 Å². The van der Waals surface area contributed by atoms with E-state index in [2.05, 4.69) is 4.72 Å². The molecular formula is C23H18Cl2N2O4S2. The standard InChI is InChI=1S/C23H18Cl2N2O4S2/c24-15-4-9-18(10-5-15)32(28,29)26-17-8-13-23-21(14-17)20-2-1-3-22(20)27(23)33(30,31)19-11-6-16(25)7-12-19/h4-14,26H,1-3H2. The third-order valence-electron chi connectivity index (χ3n) is 5.70. The second-order valence-corrected chi connectivity index (χ2v) is 12.1. The Bertz CT molecular complexity index is 1590. The summed E-state index contributed by atoms with van der Waals surface area (Å²) in [5.41, 5.74) is 2.53. The molecule has 0 bridgehead atoms. The molecular weight excluding hydrogens is 503 g/mol. The Kier molecular flexibility index (Phi) is 5.44. The van der Waals surface area contributed by atoms with E-state index in [-0.39, 0.29) is 9.79 Å². The van der Waals surface area contributed by atoms with Crippen molar-refractivity contribution in [1.82, 2.24) is 3.97 Å². The average Bonchev–Trinajstić information content (AvgIpc) is 3.35. The summed E-state index contributed by atoms with van der Waals surface area (Å²) in [5.74, 6) is 0. The molecule has 6 nitrogen and oxygen atoms in total. The number of aromatic nitrogens is 1. The zero-order valence-corrected chi connectivity index (χ0v) is 20.3. The van der Waals surface area contributed by atoms with Gasteiger partial charge >= 0.3 is 0 Å².